The van der Waals surface area contributed by atoms with E-state index in [1.165, 1.54) is 0 Å². The summed E-state index contributed by atoms with van der Waals surface area (Å²) >= 11 is 1.72. The summed E-state index contributed by atoms with van der Waals surface area (Å²) in [7, 11) is 0. The first-order chi connectivity index (χ1) is 16.6. The Morgan fingerprint density at radius 1 is 1.06 bits per heavy atom. The van der Waals surface area contributed by atoms with Gasteiger partial charge < -0.3 is 14.8 Å². The van der Waals surface area contributed by atoms with Crippen LogP contribution in [-0.4, -0.2) is 36.0 Å². The second-order valence-corrected chi connectivity index (χ2v) is 9.89. The Labute approximate surface area is 208 Å². The lowest BCUT2D eigenvalue weighted by atomic mass is 9.77. The molecule has 0 amide bonds. The van der Waals surface area contributed by atoms with Gasteiger partial charge in [0.1, 0.15) is 17.3 Å². The molecule has 184 valence electrons. The van der Waals surface area contributed by atoms with E-state index in [0.29, 0.717) is 5.75 Å². The molecule has 4 unspecified atom stereocenters. The third kappa shape index (κ3) is 6.86. The van der Waals surface area contributed by atoms with Crippen molar-refractivity contribution in [3.63, 3.8) is 0 Å². The van der Waals surface area contributed by atoms with Gasteiger partial charge in [-0.1, -0.05) is 57.0 Å². The van der Waals surface area contributed by atoms with Gasteiger partial charge in [-0.2, -0.15) is 0 Å². The van der Waals surface area contributed by atoms with Crippen LogP contribution >= 0.6 is 11.8 Å². The minimum atomic E-state index is -0.689. The molecule has 5 nitrogen and oxygen atoms in total. The summed E-state index contributed by atoms with van der Waals surface area (Å²) in [5, 5.41) is 3.36. The lowest BCUT2D eigenvalue weighted by molar-refractivity contribution is -0.149. The number of carbonyl (C=O) groups excluding carboxylic acids is 2. The van der Waals surface area contributed by atoms with Gasteiger partial charge in [0.25, 0.3) is 0 Å². The predicted octanol–water partition coefficient (Wildman–Crippen LogP) is 6.19. The van der Waals surface area contributed by atoms with Crippen molar-refractivity contribution in [2.45, 2.75) is 57.7 Å². The zero-order valence-electron chi connectivity index (χ0n) is 20.5. The second kappa shape index (κ2) is 13.5. The van der Waals surface area contributed by atoms with Crippen molar-refractivity contribution in [3.05, 3.63) is 60.2 Å². The van der Waals surface area contributed by atoms with Crippen molar-refractivity contribution < 1.29 is 19.1 Å². The summed E-state index contributed by atoms with van der Waals surface area (Å²) in [4.78, 5) is 27.4. The first-order valence-electron chi connectivity index (χ1n) is 12.5. The molecule has 0 aromatic heterocycles. The SMILES string of the molecule is CCCCC(CC)C(=O)C(C1NCCS1)C(C(=O)OCC)c1cccc(Oc2ccccc2)c1. The predicted molar refractivity (Wildman–Crippen MR) is 138 cm³/mol. The number of para-hydroxylation sites is 1. The van der Waals surface area contributed by atoms with Gasteiger partial charge in [-0.25, -0.2) is 0 Å². The van der Waals surface area contributed by atoms with Crippen LogP contribution in [0.25, 0.3) is 0 Å². The number of thioether (sulfide) groups is 1. The highest BCUT2D eigenvalue weighted by Crippen LogP contribution is 2.39. The third-order valence-electron chi connectivity index (χ3n) is 6.30. The highest BCUT2D eigenvalue weighted by atomic mass is 32.2. The fourth-order valence-electron chi connectivity index (χ4n) is 4.55. The zero-order chi connectivity index (χ0) is 24.3. The van der Waals surface area contributed by atoms with Crippen molar-refractivity contribution in [1.29, 1.82) is 0 Å². The molecule has 0 saturated carbocycles. The summed E-state index contributed by atoms with van der Waals surface area (Å²) in [5.41, 5.74) is 0.755. The van der Waals surface area contributed by atoms with Crippen LogP contribution in [0.15, 0.2) is 54.6 Å². The molecule has 6 heteroatoms. The van der Waals surface area contributed by atoms with E-state index in [0.717, 1.165) is 49.3 Å². The minimum Gasteiger partial charge on any atom is -0.466 e. The molecule has 2 aromatic rings. The van der Waals surface area contributed by atoms with Gasteiger partial charge in [0.15, 0.2) is 0 Å². The highest BCUT2D eigenvalue weighted by molar-refractivity contribution is 8.00. The third-order valence-corrected chi connectivity index (χ3v) is 7.56. The maximum atomic E-state index is 14.0. The van der Waals surface area contributed by atoms with Gasteiger partial charge in [0, 0.05) is 18.2 Å². The summed E-state index contributed by atoms with van der Waals surface area (Å²) in [6, 6.07) is 17.1. The number of nitrogens with one attached hydrogen (secondary N) is 1. The fourth-order valence-corrected chi connectivity index (χ4v) is 5.78. The van der Waals surface area contributed by atoms with Crippen molar-refractivity contribution in [2.75, 3.05) is 18.9 Å². The molecule has 1 heterocycles. The van der Waals surface area contributed by atoms with Crippen LogP contribution in [0, 0.1) is 11.8 Å². The molecule has 1 fully saturated rings. The molecule has 4 atom stereocenters. The molecule has 1 aliphatic rings. The molecule has 1 N–H and O–H groups in total. The number of ketones is 1. The molecule has 0 spiro atoms. The Balaban J connectivity index is 1.99. The van der Waals surface area contributed by atoms with Crippen LogP contribution in [0.5, 0.6) is 11.5 Å². The monoisotopic (exact) mass is 483 g/mol. The van der Waals surface area contributed by atoms with Gasteiger partial charge >= 0.3 is 5.97 Å². The maximum absolute atomic E-state index is 14.0. The molecular formula is C28H37NO4S. The number of ether oxygens (including phenoxy) is 2. The normalized spacial score (nSPS) is 18.1. The Hall–Kier alpha value is -2.31. The molecular weight excluding hydrogens is 446 g/mol. The Kier molecular flexibility index (Phi) is 10.5. The van der Waals surface area contributed by atoms with Crippen LogP contribution in [0.4, 0.5) is 0 Å². The van der Waals surface area contributed by atoms with E-state index in [1.54, 1.807) is 18.7 Å². The van der Waals surface area contributed by atoms with E-state index in [9.17, 15) is 9.59 Å². The van der Waals surface area contributed by atoms with Crippen LogP contribution in [-0.2, 0) is 14.3 Å². The van der Waals surface area contributed by atoms with Crippen molar-refractivity contribution in [3.8, 4) is 11.5 Å². The van der Waals surface area contributed by atoms with E-state index < -0.39 is 11.8 Å². The van der Waals surface area contributed by atoms with E-state index >= 15 is 0 Å². The van der Waals surface area contributed by atoms with Crippen LogP contribution in [0.1, 0.15) is 57.9 Å². The fraction of sp³-hybridized carbons (Fsp3) is 0.500. The molecule has 1 saturated heterocycles. The van der Waals surface area contributed by atoms with Crippen molar-refractivity contribution in [1.82, 2.24) is 5.32 Å². The van der Waals surface area contributed by atoms with E-state index in [4.69, 9.17) is 9.47 Å². The number of benzene rings is 2. The number of esters is 1. The number of carbonyl (C=O) groups is 2. The number of hydrogen-bond acceptors (Lipinski definition) is 6. The number of hydrogen-bond donors (Lipinski definition) is 1. The number of Topliss-reactive ketones (excluding diaryl/α,β-unsaturated/α-hetero) is 1. The standard InChI is InChI=1S/C28H37NO4S/c1-4-7-12-20(5-2)26(30)25(27-29-17-18-34-27)24(28(31)32-6-3)21-13-11-16-23(19-21)33-22-14-9-8-10-15-22/h8-11,13-16,19-20,24-25,27,29H,4-7,12,17-18H2,1-3H3. The van der Waals surface area contributed by atoms with Crippen molar-refractivity contribution >= 4 is 23.5 Å². The summed E-state index contributed by atoms with van der Waals surface area (Å²) in [5.74, 6) is 0.840. The lowest BCUT2D eigenvalue weighted by Gasteiger charge is -2.32. The first kappa shape index (κ1) is 26.3. The number of unbranched alkanes of at least 4 members (excludes halogenated alkanes) is 1. The topological polar surface area (TPSA) is 64.6 Å². The average Bonchev–Trinajstić information content (AvgIpc) is 3.38. The van der Waals surface area contributed by atoms with Gasteiger partial charge in [-0.15, -0.1) is 11.8 Å². The Morgan fingerprint density at radius 2 is 1.82 bits per heavy atom. The van der Waals surface area contributed by atoms with E-state index in [-0.39, 0.29) is 29.7 Å². The highest BCUT2D eigenvalue weighted by Gasteiger charge is 2.44. The van der Waals surface area contributed by atoms with Crippen LogP contribution in [0.3, 0.4) is 0 Å². The Bertz CT molecular complexity index is 914. The lowest BCUT2D eigenvalue weighted by Crippen LogP contribution is -2.43. The summed E-state index contributed by atoms with van der Waals surface area (Å²) < 4.78 is 11.6. The van der Waals surface area contributed by atoms with Crippen LogP contribution in [0.2, 0.25) is 0 Å². The van der Waals surface area contributed by atoms with Gasteiger partial charge in [0.05, 0.1) is 23.8 Å². The molecule has 0 radical (unpaired) electrons. The van der Waals surface area contributed by atoms with E-state index in [2.05, 4.69) is 19.2 Å². The molecule has 3 rings (SSSR count). The number of rotatable bonds is 13. The zero-order valence-corrected chi connectivity index (χ0v) is 21.3. The Morgan fingerprint density at radius 3 is 2.47 bits per heavy atom. The average molecular weight is 484 g/mol. The molecule has 2 aromatic carbocycles. The van der Waals surface area contributed by atoms with Gasteiger partial charge in [-0.3, -0.25) is 9.59 Å². The van der Waals surface area contributed by atoms with Crippen molar-refractivity contribution in [2.24, 2.45) is 11.8 Å². The summed E-state index contributed by atoms with van der Waals surface area (Å²) in [6.45, 7) is 7.12. The van der Waals surface area contributed by atoms with E-state index in [1.807, 2.05) is 54.6 Å². The smallest absolute Gasteiger partial charge is 0.314 e. The minimum absolute atomic E-state index is 0.0615. The largest absolute Gasteiger partial charge is 0.466 e. The molecule has 0 aliphatic carbocycles. The maximum Gasteiger partial charge on any atom is 0.314 e. The summed E-state index contributed by atoms with van der Waals surface area (Å²) in [6.07, 6.45) is 3.68. The van der Waals surface area contributed by atoms with Gasteiger partial charge in [-0.05, 0) is 49.6 Å². The van der Waals surface area contributed by atoms with Crippen LogP contribution < -0.4 is 10.1 Å². The first-order valence-corrected chi connectivity index (χ1v) is 13.5. The van der Waals surface area contributed by atoms with Gasteiger partial charge in [0.2, 0.25) is 0 Å². The quantitative estimate of drug-likeness (QED) is 0.343. The second-order valence-electron chi connectivity index (χ2n) is 8.64. The molecule has 34 heavy (non-hydrogen) atoms. The molecule has 0 bridgehead atoms. The molecule has 1 aliphatic heterocycles.